The van der Waals surface area contributed by atoms with Gasteiger partial charge in [-0.1, -0.05) is 30.3 Å². The van der Waals surface area contributed by atoms with E-state index in [1.165, 1.54) is 12.1 Å². The number of fused-ring (bicyclic) bond motifs is 1. The Morgan fingerprint density at radius 1 is 0.714 bits per heavy atom. The van der Waals surface area contributed by atoms with E-state index in [0.29, 0.717) is 0 Å². The van der Waals surface area contributed by atoms with Crippen LogP contribution in [0.15, 0.2) is 65.6 Å². The van der Waals surface area contributed by atoms with Gasteiger partial charge in [-0.2, -0.15) is 8.42 Å². The van der Waals surface area contributed by atoms with Gasteiger partial charge in [0.05, 0.1) is 4.90 Å². The Labute approximate surface area is 122 Å². The van der Waals surface area contributed by atoms with Crippen molar-refractivity contribution < 1.29 is 18.1 Å². The SMILES string of the molecule is O=S(=O)(O)c1ccc2cc(-c3ccc(O)cc3)ccc2c1. The third kappa shape index (κ3) is 2.74. The van der Waals surface area contributed by atoms with E-state index in [0.717, 1.165) is 21.9 Å². The summed E-state index contributed by atoms with van der Waals surface area (Å²) in [5, 5.41) is 10.9. The highest BCUT2D eigenvalue weighted by Crippen LogP contribution is 2.27. The van der Waals surface area contributed by atoms with E-state index in [4.69, 9.17) is 4.55 Å². The quantitative estimate of drug-likeness (QED) is 0.711. The van der Waals surface area contributed by atoms with Crippen LogP contribution in [0.2, 0.25) is 0 Å². The molecule has 3 aromatic carbocycles. The van der Waals surface area contributed by atoms with Gasteiger partial charge in [0.15, 0.2) is 0 Å². The molecule has 0 saturated heterocycles. The van der Waals surface area contributed by atoms with Crippen LogP contribution < -0.4 is 0 Å². The van der Waals surface area contributed by atoms with Crippen molar-refractivity contribution in [1.29, 1.82) is 0 Å². The van der Waals surface area contributed by atoms with E-state index in [9.17, 15) is 13.5 Å². The van der Waals surface area contributed by atoms with Crippen molar-refractivity contribution in [3.63, 3.8) is 0 Å². The van der Waals surface area contributed by atoms with Crippen molar-refractivity contribution in [3.8, 4) is 16.9 Å². The smallest absolute Gasteiger partial charge is 0.294 e. The molecule has 0 heterocycles. The lowest BCUT2D eigenvalue weighted by Crippen LogP contribution is -1.97. The first-order valence-electron chi connectivity index (χ1n) is 6.24. The number of phenolic OH excluding ortho intramolecular Hbond substituents is 1. The summed E-state index contributed by atoms with van der Waals surface area (Å²) in [6.45, 7) is 0. The summed E-state index contributed by atoms with van der Waals surface area (Å²) in [4.78, 5) is -0.118. The van der Waals surface area contributed by atoms with Crippen LogP contribution in [0.5, 0.6) is 5.75 Å². The molecule has 3 aromatic rings. The molecule has 0 radical (unpaired) electrons. The average Bonchev–Trinajstić information content (AvgIpc) is 2.46. The van der Waals surface area contributed by atoms with Gasteiger partial charge in [-0.3, -0.25) is 4.55 Å². The van der Waals surface area contributed by atoms with E-state index in [2.05, 4.69) is 0 Å². The molecule has 106 valence electrons. The summed E-state index contributed by atoms with van der Waals surface area (Å²) >= 11 is 0. The van der Waals surface area contributed by atoms with Crippen LogP contribution in [0.25, 0.3) is 21.9 Å². The molecule has 0 aromatic heterocycles. The zero-order valence-electron chi connectivity index (χ0n) is 10.9. The molecule has 4 nitrogen and oxygen atoms in total. The van der Waals surface area contributed by atoms with Gasteiger partial charge >= 0.3 is 0 Å². The number of hydrogen-bond donors (Lipinski definition) is 2. The first kappa shape index (κ1) is 13.6. The molecule has 0 fully saturated rings. The van der Waals surface area contributed by atoms with Crippen molar-refractivity contribution in [3.05, 3.63) is 60.7 Å². The first-order chi connectivity index (χ1) is 9.93. The third-order valence-electron chi connectivity index (χ3n) is 3.31. The molecule has 0 aliphatic rings. The van der Waals surface area contributed by atoms with Crippen molar-refractivity contribution in [1.82, 2.24) is 0 Å². The van der Waals surface area contributed by atoms with Crippen LogP contribution in [0.1, 0.15) is 0 Å². The second kappa shape index (κ2) is 4.87. The Hall–Kier alpha value is -2.37. The van der Waals surface area contributed by atoms with Crippen LogP contribution in [0.4, 0.5) is 0 Å². The van der Waals surface area contributed by atoms with E-state index >= 15 is 0 Å². The van der Waals surface area contributed by atoms with Crippen LogP contribution >= 0.6 is 0 Å². The molecule has 21 heavy (non-hydrogen) atoms. The Morgan fingerprint density at radius 3 is 1.95 bits per heavy atom. The van der Waals surface area contributed by atoms with E-state index in [-0.39, 0.29) is 10.6 Å². The molecular weight excluding hydrogens is 288 g/mol. The zero-order valence-corrected chi connectivity index (χ0v) is 11.7. The van der Waals surface area contributed by atoms with Gasteiger partial charge in [0, 0.05) is 0 Å². The van der Waals surface area contributed by atoms with Crippen molar-refractivity contribution in [2.45, 2.75) is 4.90 Å². The number of benzene rings is 3. The lowest BCUT2D eigenvalue weighted by atomic mass is 10.0. The van der Waals surface area contributed by atoms with Gasteiger partial charge < -0.3 is 5.11 Å². The normalized spacial score (nSPS) is 11.7. The molecule has 0 unspecified atom stereocenters. The largest absolute Gasteiger partial charge is 0.508 e. The summed E-state index contributed by atoms with van der Waals surface area (Å²) < 4.78 is 31.3. The van der Waals surface area contributed by atoms with E-state index in [1.807, 2.05) is 24.3 Å². The zero-order chi connectivity index (χ0) is 15.0. The Balaban J connectivity index is 2.11. The van der Waals surface area contributed by atoms with Gasteiger partial charge in [-0.05, 0) is 52.2 Å². The van der Waals surface area contributed by atoms with Crippen LogP contribution in [0.3, 0.4) is 0 Å². The fourth-order valence-corrected chi connectivity index (χ4v) is 2.73. The summed E-state index contributed by atoms with van der Waals surface area (Å²) in [6.07, 6.45) is 0. The Kier molecular flexibility index (Phi) is 3.16. The topological polar surface area (TPSA) is 74.6 Å². The van der Waals surface area contributed by atoms with Crippen LogP contribution in [-0.2, 0) is 10.1 Å². The summed E-state index contributed by atoms with van der Waals surface area (Å²) in [5.41, 5.74) is 1.91. The monoisotopic (exact) mass is 300 g/mol. The Bertz CT molecular complexity index is 913. The summed E-state index contributed by atoms with van der Waals surface area (Å²) in [6, 6.07) is 16.9. The Morgan fingerprint density at radius 2 is 1.29 bits per heavy atom. The minimum atomic E-state index is -4.19. The number of phenols is 1. The molecule has 3 rings (SSSR count). The highest BCUT2D eigenvalue weighted by Gasteiger charge is 2.10. The second-order valence-electron chi connectivity index (χ2n) is 4.75. The predicted molar refractivity (Wildman–Crippen MR) is 80.9 cm³/mol. The van der Waals surface area contributed by atoms with E-state index < -0.39 is 10.1 Å². The molecule has 0 aliphatic heterocycles. The highest BCUT2D eigenvalue weighted by molar-refractivity contribution is 7.85. The van der Waals surface area contributed by atoms with Crippen LogP contribution in [0, 0.1) is 0 Å². The molecule has 2 N–H and O–H groups in total. The lowest BCUT2D eigenvalue weighted by Gasteiger charge is -2.06. The average molecular weight is 300 g/mol. The lowest BCUT2D eigenvalue weighted by molar-refractivity contribution is 0.475. The molecule has 0 spiro atoms. The van der Waals surface area contributed by atoms with Gasteiger partial charge in [-0.15, -0.1) is 0 Å². The molecule has 0 saturated carbocycles. The van der Waals surface area contributed by atoms with Crippen molar-refractivity contribution >= 4 is 20.9 Å². The molecule has 0 atom stereocenters. The highest BCUT2D eigenvalue weighted by atomic mass is 32.2. The molecule has 0 bridgehead atoms. The summed E-state index contributed by atoms with van der Waals surface area (Å²) in [7, 11) is -4.19. The van der Waals surface area contributed by atoms with Crippen molar-refractivity contribution in [2.24, 2.45) is 0 Å². The fraction of sp³-hybridized carbons (Fsp3) is 0. The predicted octanol–water partition coefficient (Wildman–Crippen LogP) is 3.46. The molecule has 0 aliphatic carbocycles. The number of hydrogen-bond acceptors (Lipinski definition) is 3. The van der Waals surface area contributed by atoms with E-state index in [1.54, 1.807) is 24.3 Å². The van der Waals surface area contributed by atoms with Gasteiger partial charge in [0.2, 0.25) is 0 Å². The summed E-state index contributed by atoms with van der Waals surface area (Å²) in [5.74, 6) is 0.206. The maximum absolute atomic E-state index is 11.1. The number of aromatic hydroxyl groups is 1. The van der Waals surface area contributed by atoms with Gasteiger partial charge in [-0.25, -0.2) is 0 Å². The fourth-order valence-electron chi connectivity index (χ4n) is 2.22. The molecule has 0 amide bonds. The van der Waals surface area contributed by atoms with Crippen LogP contribution in [-0.4, -0.2) is 18.1 Å². The molecule has 5 heteroatoms. The maximum Gasteiger partial charge on any atom is 0.294 e. The standard InChI is InChI=1S/C16H12O4S/c17-15-6-3-11(4-7-15)12-1-2-14-10-16(21(18,19)20)8-5-13(14)9-12/h1-10,17H,(H,18,19,20). The van der Waals surface area contributed by atoms with Crippen molar-refractivity contribution in [2.75, 3.05) is 0 Å². The van der Waals surface area contributed by atoms with Gasteiger partial charge in [0.25, 0.3) is 10.1 Å². The van der Waals surface area contributed by atoms with Gasteiger partial charge in [0.1, 0.15) is 5.75 Å². The maximum atomic E-state index is 11.1. The molecular formula is C16H12O4S. The third-order valence-corrected chi connectivity index (χ3v) is 4.16. The number of rotatable bonds is 2. The minimum absolute atomic E-state index is 0.118. The second-order valence-corrected chi connectivity index (χ2v) is 6.17. The first-order valence-corrected chi connectivity index (χ1v) is 7.68. The minimum Gasteiger partial charge on any atom is -0.508 e.